The maximum Gasteiger partial charge on any atom is 0.308 e. The molecule has 0 spiro atoms. The van der Waals surface area contributed by atoms with Gasteiger partial charge in [-0.2, -0.15) is 0 Å². The lowest BCUT2D eigenvalue weighted by atomic mass is 9.82. The number of hydrogen-bond donors (Lipinski definition) is 0. The Kier molecular flexibility index (Phi) is 5.33. The highest BCUT2D eigenvalue weighted by atomic mass is 79.9. The first kappa shape index (κ1) is 17.1. The molecule has 0 atom stereocenters. The highest BCUT2D eigenvalue weighted by Gasteiger charge is 2.27. The number of imidazole rings is 1. The Labute approximate surface area is 149 Å². The number of carbonyl (C=O) groups is 1. The SMILES string of the molecule is COC(=O)C1CCC(Cn2ccnc2-c2c(F)cccc2Br)CC1. The summed E-state index contributed by atoms with van der Waals surface area (Å²) in [6.07, 6.45) is 7.23. The van der Waals surface area contributed by atoms with Crippen LogP contribution in [-0.4, -0.2) is 22.6 Å². The third kappa shape index (κ3) is 3.53. The zero-order valence-corrected chi connectivity index (χ0v) is 15.1. The molecule has 0 saturated heterocycles. The van der Waals surface area contributed by atoms with Crippen LogP contribution in [0.5, 0.6) is 0 Å². The molecule has 6 heteroatoms. The van der Waals surface area contributed by atoms with E-state index in [1.165, 1.54) is 13.2 Å². The minimum atomic E-state index is -0.286. The van der Waals surface area contributed by atoms with Crippen molar-refractivity contribution in [2.45, 2.75) is 32.2 Å². The van der Waals surface area contributed by atoms with Gasteiger partial charge in [0.2, 0.25) is 0 Å². The number of halogens is 2. The lowest BCUT2D eigenvalue weighted by molar-refractivity contribution is -0.146. The minimum absolute atomic E-state index is 0.0224. The molecule has 2 aromatic rings. The van der Waals surface area contributed by atoms with Crippen molar-refractivity contribution < 1.29 is 13.9 Å². The molecular weight excluding hydrogens is 375 g/mol. The summed E-state index contributed by atoms with van der Waals surface area (Å²) in [5.74, 6) is 0.729. The van der Waals surface area contributed by atoms with Crippen LogP contribution in [0, 0.1) is 17.7 Å². The van der Waals surface area contributed by atoms with Gasteiger partial charge in [0.05, 0.1) is 18.6 Å². The van der Waals surface area contributed by atoms with E-state index < -0.39 is 0 Å². The summed E-state index contributed by atoms with van der Waals surface area (Å²) in [5.41, 5.74) is 0.491. The molecule has 0 unspecified atom stereocenters. The van der Waals surface area contributed by atoms with Crippen LogP contribution >= 0.6 is 15.9 Å². The maximum atomic E-state index is 14.2. The van der Waals surface area contributed by atoms with E-state index in [4.69, 9.17) is 4.74 Å². The number of benzene rings is 1. The fraction of sp³-hybridized carbons (Fsp3) is 0.444. The second kappa shape index (κ2) is 7.47. The van der Waals surface area contributed by atoms with Gasteiger partial charge in [0.15, 0.2) is 0 Å². The van der Waals surface area contributed by atoms with Crippen LogP contribution < -0.4 is 0 Å². The second-order valence-corrected chi connectivity index (χ2v) is 7.10. The van der Waals surface area contributed by atoms with E-state index in [-0.39, 0.29) is 17.7 Å². The number of nitrogens with zero attached hydrogens (tertiary/aromatic N) is 2. The number of esters is 1. The third-order valence-corrected chi connectivity index (χ3v) is 5.40. The van der Waals surface area contributed by atoms with Crippen LogP contribution in [0.15, 0.2) is 35.1 Å². The first-order valence-electron chi connectivity index (χ1n) is 8.13. The van der Waals surface area contributed by atoms with E-state index in [0.29, 0.717) is 21.8 Å². The number of ether oxygens (including phenoxy) is 1. The first-order chi connectivity index (χ1) is 11.6. The standard InChI is InChI=1S/C18H20BrFN2O2/c1-24-18(23)13-7-5-12(6-8-13)11-22-10-9-21-17(22)16-14(19)3-2-4-15(16)20/h2-4,9-10,12-13H,5-8,11H2,1H3. The van der Waals surface area contributed by atoms with Crippen molar-refractivity contribution in [2.24, 2.45) is 11.8 Å². The van der Waals surface area contributed by atoms with Crippen molar-refractivity contribution in [3.8, 4) is 11.4 Å². The number of carbonyl (C=O) groups excluding carboxylic acids is 1. The topological polar surface area (TPSA) is 44.1 Å². The van der Waals surface area contributed by atoms with Gasteiger partial charge in [-0.15, -0.1) is 0 Å². The molecule has 1 saturated carbocycles. The smallest absolute Gasteiger partial charge is 0.308 e. The van der Waals surface area contributed by atoms with Gasteiger partial charge < -0.3 is 9.30 Å². The molecule has 0 aliphatic heterocycles. The molecule has 1 heterocycles. The van der Waals surface area contributed by atoms with Crippen LogP contribution in [0.2, 0.25) is 0 Å². The summed E-state index contributed by atoms with van der Waals surface area (Å²) < 4.78 is 21.8. The average molecular weight is 395 g/mol. The van der Waals surface area contributed by atoms with Crippen LogP contribution in [0.3, 0.4) is 0 Å². The molecule has 0 N–H and O–H groups in total. The van der Waals surface area contributed by atoms with E-state index in [1.807, 2.05) is 16.8 Å². The predicted octanol–water partition coefficient (Wildman–Crippen LogP) is 4.43. The van der Waals surface area contributed by atoms with Gasteiger partial charge in [-0.3, -0.25) is 4.79 Å². The summed E-state index contributed by atoms with van der Waals surface area (Å²) in [6.45, 7) is 0.782. The zero-order valence-electron chi connectivity index (χ0n) is 13.5. The molecule has 1 fully saturated rings. The predicted molar refractivity (Wildman–Crippen MR) is 92.8 cm³/mol. The van der Waals surface area contributed by atoms with Crippen molar-refractivity contribution in [2.75, 3.05) is 7.11 Å². The molecule has 1 aromatic heterocycles. The number of hydrogen-bond acceptors (Lipinski definition) is 3. The second-order valence-electron chi connectivity index (χ2n) is 6.24. The van der Waals surface area contributed by atoms with Gasteiger partial charge in [-0.1, -0.05) is 6.07 Å². The lowest BCUT2D eigenvalue weighted by Gasteiger charge is -2.27. The highest BCUT2D eigenvalue weighted by Crippen LogP contribution is 2.33. The number of rotatable bonds is 4. The molecule has 1 aromatic carbocycles. The van der Waals surface area contributed by atoms with Gasteiger partial charge in [-0.25, -0.2) is 9.37 Å². The summed E-state index contributed by atoms with van der Waals surface area (Å²) in [4.78, 5) is 16.0. The molecule has 0 amide bonds. The summed E-state index contributed by atoms with van der Waals surface area (Å²) in [7, 11) is 1.44. The van der Waals surface area contributed by atoms with E-state index in [9.17, 15) is 9.18 Å². The Morgan fingerprint density at radius 1 is 1.38 bits per heavy atom. The van der Waals surface area contributed by atoms with Gasteiger partial charge in [0, 0.05) is 23.4 Å². The van der Waals surface area contributed by atoms with Crippen molar-refractivity contribution in [3.05, 3.63) is 40.9 Å². The summed E-state index contributed by atoms with van der Waals surface area (Å²) in [5, 5.41) is 0. The van der Waals surface area contributed by atoms with E-state index in [2.05, 4.69) is 20.9 Å². The van der Waals surface area contributed by atoms with Crippen molar-refractivity contribution in [1.82, 2.24) is 9.55 Å². The molecule has 4 nitrogen and oxygen atoms in total. The fourth-order valence-electron chi connectivity index (χ4n) is 3.42. The molecule has 0 bridgehead atoms. The van der Waals surface area contributed by atoms with Crippen LogP contribution in [0.25, 0.3) is 11.4 Å². The normalized spacial score (nSPS) is 20.8. The van der Waals surface area contributed by atoms with E-state index in [0.717, 1.165) is 32.2 Å². The van der Waals surface area contributed by atoms with Crippen molar-refractivity contribution >= 4 is 21.9 Å². The quantitative estimate of drug-likeness (QED) is 0.720. The molecular formula is C18H20BrFN2O2. The Morgan fingerprint density at radius 3 is 2.79 bits per heavy atom. The van der Waals surface area contributed by atoms with Crippen molar-refractivity contribution in [1.29, 1.82) is 0 Å². The maximum absolute atomic E-state index is 14.2. The van der Waals surface area contributed by atoms with Gasteiger partial charge in [-0.05, 0) is 59.7 Å². The molecule has 24 heavy (non-hydrogen) atoms. The summed E-state index contributed by atoms with van der Waals surface area (Å²) in [6, 6.07) is 4.93. The summed E-state index contributed by atoms with van der Waals surface area (Å²) >= 11 is 3.41. The van der Waals surface area contributed by atoms with E-state index in [1.54, 1.807) is 12.3 Å². The Balaban J connectivity index is 1.72. The fourth-order valence-corrected chi connectivity index (χ4v) is 3.94. The van der Waals surface area contributed by atoms with Crippen LogP contribution in [0.1, 0.15) is 25.7 Å². The molecule has 3 rings (SSSR count). The molecule has 1 aliphatic rings. The molecule has 128 valence electrons. The zero-order chi connectivity index (χ0) is 17.1. The van der Waals surface area contributed by atoms with Crippen LogP contribution in [-0.2, 0) is 16.1 Å². The lowest BCUT2D eigenvalue weighted by Crippen LogP contribution is -2.25. The van der Waals surface area contributed by atoms with Crippen LogP contribution in [0.4, 0.5) is 4.39 Å². The Bertz CT molecular complexity index is 703. The first-order valence-corrected chi connectivity index (χ1v) is 8.92. The Morgan fingerprint density at radius 2 is 2.12 bits per heavy atom. The number of methoxy groups -OCH3 is 1. The molecule has 0 radical (unpaired) electrons. The van der Waals surface area contributed by atoms with Crippen molar-refractivity contribution in [3.63, 3.8) is 0 Å². The average Bonchev–Trinajstić information content (AvgIpc) is 3.02. The van der Waals surface area contributed by atoms with Gasteiger partial charge in [0.25, 0.3) is 0 Å². The largest absolute Gasteiger partial charge is 0.469 e. The number of aromatic nitrogens is 2. The molecule has 1 aliphatic carbocycles. The monoisotopic (exact) mass is 394 g/mol. The Hall–Kier alpha value is -1.69. The van der Waals surface area contributed by atoms with Gasteiger partial charge in [0.1, 0.15) is 11.6 Å². The highest BCUT2D eigenvalue weighted by molar-refractivity contribution is 9.10. The van der Waals surface area contributed by atoms with Gasteiger partial charge >= 0.3 is 5.97 Å². The third-order valence-electron chi connectivity index (χ3n) is 4.74. The van der Waals surface area contributed by atoms with E-state index >= 15 is 0 Å². The minimum Gasteiger partial charge on any atom is -0.469 e.